The number of benzene rings is 1. The van der Waals surface area contributed by atoms with Gasteiger partial charge in [-0.2, -0.15) is 5.10 Å². The fraction of sp³-hybridized carbons (Fsp3) is 0.391. The highest BCUT2D eigenvalue weighted by atomic mass is 35.5. The summed E-state index contributed by atoms with van der Waals surface area (Å²) in [5.41, 5.74) is 2.06. The van der Waals surface area contributed by atoms with Crippen molar-refractivity contribution in [2.75, 3.05) is 18.4 Å². The molecule has 1 fully saturated rings. The van der Waals surface area contributed by atoms with Gasteiger partial charge in [-0.25, -0.2) is 9.67 Å². The molecule has 0 aliphatic carbocycles. The molecule has 1 aliphatic heterocycles. The molecule has 2 aromatic heterocycles. The maximum absolute atomic E-state index is 12.6. The summed E-state index contributed by atoms with van der Waals surface area (Å²) >= 11 is 11.7. The molecule has 32 heavy (non-hydrogen) atoms. The van der Waals surface area contributed by atoms with Crippen LogP contribution in [0.25, 0.3) is 11.4 Å². The van der Waals surface area contributed by atoms with Gasteiger partial charge in [-0.3, -0.25) is 9.69 Å². The zero-order valence-corrected chi connectivity index (χ0v) is 19.9. The maximum atomic E-state index is 12.6. The number of nitrogens with zero attached hydrogens (tertiary/aromatic N) is 5. The number of amides is 1. The number of likely N-dealkylation sites (tertiary alicyclic amines) is 1. The van der Waals surface area contributed by atoms with Gasteiger partial charge < -0.3 is 9.88 Å². The Balaban J connectivity index is 1.38. The summed E-state index contributed by atoms with van der Waals surface area (Å²) < 4.78 is 4.61. The van der Waals surface area contributed by atoms with Crippen molar-refractivity contribution in [1.82, 2.24) is 24.2 Å². The van der Waals surface area contributed by atoms with Crippen molar-refractivity contribution in [3.8, 4) is 11.4 Å². The number of piperidine rings is 1. The predicted octanol–water partition coefficient (Wildman–Crippen LogP) is 4.77. The van der Waals surface area contributed by atoms with E-state index in [1.807, 2.05) is 52.6 Å². The second kappa shape index (κ2) is 9.94. The van der Waals surface area contributed by atoms with Gasteiger partial charge in [0, 0.05) is 42.3 Å². The van der Waals surface area contributed by atoms with Crippen LogP contribution >= 0.6 is 23.8 Å². The first-order valence-corrected chi connectivity index (χ1v) is 11.6. The first-order valence-electron chi connectivity index (χ1n) is 10.8. The number of pyridine rings is 1. The highest BCUT2D eigenvalue weighted by Gasteiger charge is 2.26. The van der Waals surface area contributed by atoms with E-state index in [-0.39, 0.29) is 11.8 Å². The number of halogens is 1. The van der Waals surface area contributed by atoms with Gasteiger partial charge >= 0.3 is 0 Å². The Kier molecular flexibility index (Phi) is 7.03. The highest BCUT2D eigenvalue weighted by Crippen LogP contribution is 2.23. The molecule has 7 nitrogen and oxygen atoms in total. The second-order valence-corrected chi connectivity index (χ2v) is 8.90. The Hall–Kier alpha value is -2.55. The van der Waals surface area contributed by atoms with Crippen molar-refractivity contribution in [1.29, 1.82) is 0 Å². The van der Waals surface area contributed by atoms with E-state index in [2.05, 4.69) is 22.1 Å². The number of rotatable bonds is 6. The van der Waals surface area contributed by atoms with Gasteiger partial charge in [0.15, 0.2) is 10.6 Å². The normalized spacial score (nSPS) is 15.1. The third-order valence-corrected chi connectivity index (χ3v) is 6.48. The maximum Gasteiger partial charge on any atom is 0.228 e. The van der Waals surface area contributed by atoms with Gasteiger partial charge in [0.2, 0.25) is 5.91 Å². The van der Waals surface area contributed by atoms with E-state index in [4.69, 9.17) is 28.9 Å². The molecule has 0 radical (unpaired) electrons. The summed E-state index contributed by atoms with van der Waals surface area (Å²) in [7, 11) is 0. The van der Waals surface area contributed by atoms with Gasteiger partial charge in [-0.05, 0) is 74.8 Å². The van der Waals surface area contributed by atoms with Crippen molar-refractivity contribution in [2.24, 2.45) is 5.92 Å². The highest BCUT2D eigenvalue weighted by molar-refractivity contribution is 7.71. The van der Waals surface area contributed by atoms with E-state index in [1.54, 1.807) is 6.20 Å². The largest absolute Gasteiger partial charge is 0.310 e. The van der Waals surface area contributed by atoms with Gasteiger partial charge in [-0.15, -0.1) is 0 Å². The van der Waals surface area contributed by atoms with Crippen LogP contribution in [0.15, 0.2) is 42.6 Å². The van der Waals surface area contributed by atoms with Gasteiger partial charge in [0.05, 0.1) is 6.67 Å². The molecule has 9 heteroatoms. The molecule has 1 amide bonds. The zero-order valence-electron chi connectivity index (χ0n) is 18.3. The van der Waals surface area contributed by atoms with E-state index < -0.39 is 0 Å². The second-order valence-electron chi connectivity index (χ2n) is 8.10. The standard InChI is InChI=1S/C23H27ClN6OS/c1-3-29-21(17-5-7-19(24)8-6-17)27-30(23(29)32)15-28-12-10-18(11-13-28)22(31)26-20-9-4-16(2)14-25-20/h4-9,14,18H,3,10-13,15H2,1-2H3,(H,25,26,31). The smallest absolute Gasteiger partial charge is 0.228 e. The average Bonchev–Trinajstić information content (AvgIpc) is 3.11. The van der Waals surface area contributed by atoms with Crippen molar-refractivity contribution in [3.05, 3.63) is 58.0 Å². The molecule has 4 rings (SSSR count). The summed E-state index contributed by atoms with van der Waals surface area (Å²) in [5.74, 6) is 1.47. The molecule has 1 saturated heterocycles. The van der Waals surface area contributed by atoms with Crippen molar-refractivity contribution >= 4 is 35.5 Å². The Morgan fingerprint density at radius 1 is 1.19 bits per heavy atom. The van der Waals surface area contributed by atoms with E-state index in [1.165, 1.54) is 0 Å². The van der Waals surface area contributed by atoms with Crippen LogP contribution in [0.5, 0.6) is 0 Å². The summed E-state index contributed by atoms with van der Waals surface area (Å²) in [6, 6.07) is 11.4. The van der Waals surface area contributed by atoms with Crippen LogP contribution in [0.1, 0.15) is 25.3 Å². The lowest BCUT2D eigenvalue weighted by Crippen LogP contribution is -2.39. The number of aryl methyl sites for hydroxylation is 1. The molecule has 1 aliphatic rings. The van der Waals surface area contributed by atoms with Gasteiger partial charge in [0.1, 0.15) is 5.82 Å². The summed E-state index contributed by atoms with van der Waals surface area (Å²) in [5, 5.41) is 8.43. The molecule has 0 saturated carbocycles. The lowest BCUT2D eigenvalue weighted by molar-refractivity contribution is -0.121. The summed E-state index contributed by atoms with van der Waals surface area (Å²) in [6.45, 7) is 7.02. The van der Waals surface area contributed by atoms with Crippen LogP contribution in [-0.2, 0) is 18.0 Å². The van der Waals surface area contributed by atoms with Crippen LogP contribution in [0, 0.1) is 17.6 Å². The Labute approximate surface area is 198 Å². The Morgan fingerprint density at radius 2 is 1.91 bits per heavy atom. The summed E-state index contributed by atoms with van der Waals surface area (Å²) in [4.78, 5) is 19.2. The quantitative estimate of drug-likeness (QED) is 0.526. The minimum atomic E-state index is -0.0137. The van der Waals surface area contributed by atoms with Gasteiger partial charge in [-0.1, -0.05) is 17.7 Å². The SMILES string of the molecule is CCn1c(-c2ccc(Cl)cc2)nn(CN2CCC(C(=O)Nc3ccc(C)cn3)CC2)c1=S. The van der Waals surface area contributed by atoms with Crippen LogP contribution in [0.4, 0.5) is 5.82 Å². The number of aromatic nitrogens is 4. The lowest BCUT2D eigenvalue weighted by atomic mass is 9.96. The number of hydrogen-bond donors (Lipinski definition) is 1. The molecule has 0 spiro atoms. The molecule has 0 bridgehead atoms. The monoisotopic (exact) mass is 470 g/mol. The Morgan fingerprint density at radius 3 is 2.53 bits per heavy atom. The van der Waals surface area contributed by atoms with Crippen LogP contribution in [-0.4, -0.2) is 43.2 Å². The molecule has 168 valence electrons. The third-order valence-electron chi connectivity index (χ3n) is 5.80. The third kappa shape index (κ3) is 5.09. The van der Waals surface area contributed by atoms with Crippen LogP contribution in [0.2, 0.25) is 5.02 Å². The minimum Gasteiger partial charge on any atom is -0.310 e. The van der Waals surface area contributed by atoms with E-state index in [0.717, 1.165) is 49.4 Å². The zero-order chi connectivity index (χ0) is 22.7. The molecular formula is C23H27ClN6OS. The number of carbonyl (C=O) groups excluding carboxylic acids is 1. The first-order chi connectivity index (χ1) is 15.4. The molecule has 3 heterocycles. The fourth-order valence-corrected chi connectivity index (χ4v) is 4.37. The molecule has 1 N–H and O–H groups in total. The van der Waals surface area contributed by atoms with Gasteiger partial charge in [0.25, 0.3) is 0 Å². The van der Waals surface area contributed by atoms with Crippen molar-refractivity contribution in [2.45, 2.75) is 39.9 Å². The molecule has 1 aromatic carbocycles. The van der Waals surface area contributed by atoms with Crippen molar-refractivity contribution < 1.29 is 4.79 Å². The van der Waals surface area contributed by atoms with Crippen LogP contribution < -0.4 is 5.32 Å². The Bertz CT molecular complexity index is 1130. The molecule has 0 atom stereocenters. The number of hydrogen-bond acceptors (Lipinski definition) is 5. The topological polar surface area (TPSA) is 68.0 Å². The van der Waals surface area contributed by atoms with Crippen molar-refractivity contribution in [3.63, 3.8) is 0 Å². The minimum absolute atomic E-state index is 0.0137. The number of carbonyl (C=O) groups is 1. The van der Waals surface area contributed by atoms with E-state index >= 15 is 0 Å². The van der Waals surface area contributed by atoms with E-state index in [0.29, 0.717) is 22.3 Å². The van der Waals surface area contributed by atoms with Crippen LogP contribution in [0.3, 0.4) is 0 Å². The first kappa shape index (κ1) is 22.6. The number of nitrogens with one attached hydrogen (secondary N) is 1. The number of anilines is 1. The lowest BCUT2D eigenvalue weighted by Gasteiger charge is -2.30. The molecule has 0 unspecified atom stereocenters. The van der Waals surface area contributed by atoms with E-state index in [9.17, 15) is 4.79 Å². The molecular weight excluding hydrogens is 444 g/mol. The molecule has 3 aromatic rings. The average molecular weight is 471 g/mol. The predicted molar refractivity (Wildman–Crippen MR) is 129 cm³/mol. The fourth-order valence-electron chi connectivity index (χ4n) is 3.93. The summed E-state index contributed by atoms with van der Waals surface area (Å²) in [6.07, 6.45) is 3.35.